The number of aryl methyl sites for hydroxylation is 1. The molecular weight excluding hydrogens is 443 g/mol. The molecule has 2 aliphatic rings. The monoisotopic (exact) mass is 465 g/mol. The van der Waals surface area contributed by atoms with E-state index in [4.69, 9.17) is 11.6 Å². The Morgan fingerprint density at radius 1 is 1.22 bits per heavy atom. The minimum absolute atomic E-state index is 0.0447. The minimum Gasteiger partial charge on any atom is -0.349 e. The second-order valence-corrected chi connectivity index (χ2v) is 9.12. The Bertz CT molecular complexity index is 1080. The molecule has 0 bridgehead atoms. The zero-order chi connectivity index (χ0) is 23.2. The van der Waals surface area contributed by atoms with Gasteiger partial charge in [-0.1, -0.05) is 11.6 Å². The summed E-state index contributed by atoms with van der Waals surface area (Å²) in [5.41, 5.74) is -1.44. The molecule has 1 aliphatic heterocycles. The van der Waals surface area contributed by atoms with Gasteiger partial charge < -0.3 is 10.2 Å². The molecule has 1 aromatic heterocycles. The third-order valence-corrected chi connectivity index (χ3v) is 6.61. The van der Waals surface area contributed by atoms with Crippen molar-refractivity contribution >= 4 is 29.1 Å². The second kappa shape index (κ2) is 8.39. The van der Waals surface area contributed by atoms with Gasteiger partial charge in [0.15, 0.2) is 11.6 Å². The lowest BCUT2D eigenvalue weighted by atomic mass is 9.85. The molecule has 170 valence electrons. The summed E-state index contributed by atoms with van der Waals surface area (Å²) in [6, 6.07) is 3.19. The molecule has 1 saturated carbocycles. The number of amides is 2. The molecule has 1 fully saturated rings. The number of carbonyl (C=O) groups is 2. The van der Waals surface area contributed by atoms with Gasteiger partial charge in [0, 0.05) is 30.4 Å². The largest absolute Gasteiger partial charge is 0.349 e. The number of pyridine rings is 1. The zero-order valence-electron chi connectivity index (χ0n) is 17.7. The summed E-state index contributed by atoms with van der Waals surface area (Å²) in [6.07, 6.45) is 4.25. The van der Waals surface area contributed by atoms with Gasteiger partial charge in [0.25, 0.3) is 11.8 Å². The van der Waals surface area contributed by atoms with Gasteiger partial charge >= 0.3 is 0 Å². The van der Waals surface area contributed by atoms with Gasteiger partial charge in [-0.05, 0) is 57.6 Å². The van der Waals surface area contributed by atoms with E-state index >= 15 is 0 Å². The van der Waals surface area contributed by atoms with Gasteiger partial charge in [0.05, 0.1) is 22.0 Å². The van der Waals surface area contributed by atoms with Crippen molar-refractivity contribution in [3.63, 3.8) is 0 Å². The number of benzene rings is 1. The molecule has 32 heavy (non-hydrogen) atoms. The van der Waals surface area contributed by atoms with Crippen LogP contribution in [-0.2, 0) is 10.5 Å². The summed E-state index contributed by atoms with van der Waals surface area (Å²) in [5.74, 6) is -3.29. The topological polar surface area (TPSA) is 62.3 Å². The van der Waals surface area contributed by atoms with Crippen LogP contribution >= 0.6 is 11.6 Å². The number of carbonyl (C=O) groups excluding carboxylic acids is 2. The van der Waals surface area contributed by atoms with Crippen LogP contribution < -0.4 is 10.2 Å². The summed E-state index contributed by atoms with van der Waals surface area (Å²) in [5, 5.41) is 3.38. The van der Waals surface area contributed by atoms with Crippen molar-refractivity contribution in [2.75, 3.05) is 11.4 Å². The van der Waals surface area contributed by atoms with E-state index < -0.39 is 23.2 Å². The number of halogens is 4. The number of aromatic nitrogens is 1. The third-order valence-electron chi connectivity index (χ3n) is 6.40. The SMILES string of the molecule is Cc1ncc(Cl)cc1C(=O)N[C@H]1CC[C@H](CN2C(=O)C(C)(F)c3cc(F)c(F)cc32)CC1. The fourth-order valence-corrected chi connectivity index (χ4v) is 4.70. The van der Waals surface area contributed by atoms with Gasteiger partial charge in [-0.15, -0.1) is 0 Å². The van der Waals surface area contributed by atoms with Gasteiger partial charge in [-0.3, -0.25) is 14.6 Å². The Morgan fingerprint density at radius 2 is 1.88 bits per heavy atom. The van der Waals surface area contributed by atoms with Crippen LogP contribution in [0.2, 0.25) is 5.02 Å². The number of rotatable bonds is 4. The highest BCUT2D eigenvalue weighted by Gasteiger charge is 2.49. The van der Waals surface area contributed by atoms with Crippen LogP contribution in [0.25, 0.3) is 0 Å². The van der Waals surface area contributed by atoms with Gasteiger partial charge in [0.2, 0.25) is 5.67 Å². The van der Waals surface area contributed by atoms with Crippen LogP contribution in [0.15, 0.2) is 24.4 Å². The number of alkyl halides is 1. The Morgan fingerprint density at radius 3 is 2.56 bits per heavy atom. The third kappa shape index (κ3) is 4.08. The highest BCUT2D eigenvalue weighted by Crippen LogP contribution is 2.44. The van der Waals surface area contributed by atoms with Crippen LogP contribution in [0.5, 0.6) is 0 Å². The van der Waals surface area contributed by atoms with Crippen molar-refractivity contribution < 1.29 is 22.8 Å². The molecule has 9 heteroatoms. The summed E-state index contributed by atoms with van der Waals surface area (Å²) in [4.78, 5) is 30.6. The zero-order valence-corrected chi connectivity index (χ0v) is 18.5. The van der Waals surface area contributed by atoms with Gasteiger partial charge in [-0.2, -0.15) is 0 Å². The van der Waals surface area contributed by atoms with Crippen LogP contribution in [0, 0.1) is 24.5 Å². The van der Waals surface area contributed by atoms with Crippen molar-refractivity contribution in [2.24, 2.45) is 5.92 Å². The average Bonchev–Trinajstić information content (AvgIpc) is 2.92. The van der Waals surface area contributed by atoms with Crippen molar-refractivity contribution in [3.8, 4) is 0 Å². The number of hydrogen-bond donors (Lipinski definition) is 1. The van der Waals surface area contributed by atoms with Crippen molar-refractivity contribution in [1.29, 1.82) is 0 Å². The molecule has 2 aromatic rings. The van der Waals surface area contributed by atoms with Crippen LogP contribution in [0.4, 0.5) is 18.9 Å². The Hall–Kier alpha value is -2.61. The molecule has 1 aliphatic carbocycles. The van der Waals surface area contributed by atoms with E-state index in [-0.39, 0.29) is 35.7 Å². The maximum Gasteiger partial charge on any atom is 0.269 e. The summed E-state index contributed by atoms with van der Waals surface area (Å²) < 4.78 is 42.4. The van der Waals surface area contributed by atoms with Crippen LogP contribution in [0.1, 0.15) is 54.2 Å². The molecular formula is C23H23ClF3N3O2. The number of fused-ring (bicyclic) bond motifs is 1. The molecule has 0 saturated heterocycles. The molecule has 1 N–H and O–H groups in total. The summed E-state index contributed by atoms with van der Waals surface area (Å²) >= 11 is 5.94. The molecule has 5 nitrogen and oxygen atoms in total. The number of anilines is 1. The first-order valence-corrected chi connectivity index (χ1v) is 10.9. The molecule has 2 amide bonds. The maximum absolute atomic E-state index is 15.0. The van der Waals surface area contributed by atoms with E-state index in [0.29, 0.717) is 42.0 Å². The molecule has 4 rings (SSSR count). The highest BCUT2D eigenvalue weighted by molar-refractivity contribution is 6.30. The Balaban J connectivity index is 1.40. The maximum atomic E-state index is 15.0. The van der Waals surface area contributed by atoms with Crippen molar-refractivity contribution in [2.45, 2.75) is 51.2 Å². The second-order valence-electron chi connectivity index (χ2n) is 8.68. The molecule has 2 heterocycles. The van der Waals surface area contributed by atoms with Crippen molar-refractivity contribution in [3.05, 3.63) is 57.9 Å². The lowest BCUT2D eigenvalue weighted by Gasteiger charge is -2.32. The van der Waals surface area contributed by atoms with Crippen LogP contribution in [-0.4, -0.2) is 29.4 Å². The Kier molecular flexibility index (Phi) is 5.92. The van der Waals surface area contributed by atoms with E-state index in [2.05, 4.69) is 10.3 Å². The van der Waals surface area contributed by atoms with E-state index in [1.54, 1.807) is 13.0 Å². The molecule has 0 spiro atoms. The number of nitrogens with zero attached hydrogens (tertiary/aromatic N) is 2. The van der Waals surface area contributed by atoms with E-state index in [1.165, 1.54) is 11.1 Å². The van der Waals surface area contributed by atoms with Crippen molar-refractivity contribution in [1.82, 2.24) is 10.3 Å². The quantitative estimate of drug-likeness (QED) is 0.702. The summed E-state index contributed by atoms with van der Waals surface area (Å²) in [6.45, 7) is 3.03. The van der Waals surface area contributed by atoms with E-state index in [1.807, 2.05) is 0 Å². The predicted molar refractivity (Wildman–Crippen MR) is 114 cm³/mol. The number of hydrogen-bond acceptors (Lipinski definition) is 3. The Labute approximate surface area is 189 Å². The van der Waals surface area contributed by atoms with E-state index in [0.717, 1.165) is 19.1 Å². The highest BCUT2D eigenvalue weighted by atomic mass is 35.5. The fourth-order valence-electron chi connectivity index (χ4n) is 4.54. The number of nitrogens with one attached hydrogen (secondary N) is 1. The lowest BCUT2D eigenvalue weighted by Crippen LogP contribution is -2.42. The van der Waals surface area contributed by atoms with Gasteiger partial charge in [0.1, 0.15) is 0 Å². The fraction of sp³-hybridized carbons (Fsp3) is 0.435. The molecule has 1 atom stereocenters. The predicted octanol–water partition coefficient (Wildman–Crippen LogP) is 4.84. The molecule has 0 radical (unpaired) electrons. The summed E-state index contributed by atoms with van der Waals surface area (Å²) in [7, 11) is 0. The minimum atomic E-state index is -2.39. The molecule has 1 aromatic carbocycles. The normalized spacial score (nSPS) is 25.1. The smallest absolute Gasteiger partial charge is 0.269 e. The molecule has 1 unspecified atom stereocenters. The van der Waals surface area contributed by atoms with Crippen LogP contribution in [0.3, 0.4) is 0 Å². The average molecular weight is 466 g/mol. The first kappa shape index (κ1) is 22.6. The first-order chi connectivity index (χ1) is 15.1. The standard InChI is InChI=1S/C23H23ClF3N3O2/c1-12-16(7-14(24)10-28-12)21(31)29-15-5-3-13(4-6-15)11-30-20-9-19(26)18(25)8-17(20)23(2,27)22(30)32/h7-10,13,15H,3-6,11H2,1-2H3,(H,29,31)/t13-,15-,23?. The first-order valence-electron chi connectivity index (χ1n) is 10.5. The lowest BCUT2D eigenvalue weighted by molar-refractivity contribution is -0.128. The van der Waals surface area contributed by atoms with Gasteiger partial charge in [-0.25, -0.2) is 13.2 Å². The van der Waals surface area contributed by atoms with E-state index in [9.17, 15) is 22.8 Å².